The van der Waals surface area contributed by atoms with Crippen LogP contribution in [0.5, 0.6) is 5.75 Å². The van der Waals surface area contributed by atoms with Crippen molar-refractivity contribution in [2.24, 2.45) is 0 Å². The van der Waals surface area contributed by atoms with Crippen LogP contribution >= 0.6 is 15.9 Å². The van der Waals surface area contributed by atoms with E-state index < -0.39 is 10.8 Å². The number of nitrogens with zero attached hydrogens (tertiary/aromatic N) is 2. The molecule has 114 valence electrons. The van der Waals surface area contributed by atoms with Crippen LogP contribution in [0.3, 0.4) is 0 Å². The van der Waals surface area contributed by atoms with E-state index in [1.165, 1.54) is 24.4 Å². The van der Waals surface area contributed by atoms with Crippen molar-refractivity contribution in [3.63, 3.8) is 0 Å². The van der Waals surface area contributed by atoms with Gasteiger partial charge in [-0.15, -0.1) is 0 Å². The number of ether oxygens (including phenoxy) is 1. The van der Waals surface area contributed by atoms with E-state index in [2.05, 4.69) is 26.2 Å². The number of rotatable bonds is 5. The Morgan fingerprint density at radius 2 is 2.18 bits per heavy atom. The van der Waals surface area contributed by atoms with Crippen LogP contribution < -0.4 is 10.1 Å². The topological polar surface area (TPSA) is 94.4 Å². The molecule has 1 aromatic carbocycles. The van der Waals surface area contributed by atoms with E-state index in [0.717, 1.165) is 4.47 Å². The first kappa shape index (κ1) is 15.9. The Hall–Kier alpha value is -2.48. The standard InChI is InChI=1S/C14H12BrN3O4/c1-2-22-12-5-3-9(7-11(12)18(20)21)14(19)17-13-6-4-10(15)8-16-13/h3-8H,2H2,1H3,(H,16,17,19). The van der Waals surface area contributed by atoms with Crippen molar-refractivity contribution in [2.75, 3.05) is 11.9 Å². The maximum atomic E-state index is 12.1. The SMILES string of the molecule is CCOc1ccc(C(=O)Nc2ccc(Br)cn2)cc1[N+](=O)[O-]. The fourth-order valence-corrected chi connectivity index (χ4v) is 1.95. The summed E-state index contributed by atoms with van der Waals surface area (Å²) in [5.74, 6) is -0.00322. The van der Waals surface area contributed by atoms with Crippen molar-refractivity contribution in [1.82, 2.24) is 4.98 Å². The predicted octanol–water partition coefficient (Wildman–Crippen LogP) is 3.40. The summed E-state index contributed by atoms with van der Waals surface area (Å²) in [7, 11) is 0. The third-order valence-corrected chi connectivity index (χ3v) is 3.16. The molecular formula is C14H12BrN3O4. The Morgan fingerprint density at radius 3 is 2.77 bits per heavy atom. The molecule has 0 aliphatic carbocycles. The molecule has 0 saturated carbocycles. The molecule has 0 atom stereocenters. The Bertz CT molecular complexity index is 704. The number of amides is 1. The molecule has 0 radical (unpaired) electrons. The van der Waals surface area contributed by atoms with Crippen LogP contribution in [-0.2, 0) is 0 Å². The first-order valence-electron chi connectivity index (χ1n) is 6.35. The molecule has 0 unspecified atom stereocenters. The van der Waals surface area contributed by atoms with Crippen LogP contribution in [0.1, 0.15) is 17.3 Å². The number of nitrogens with one attached hydrogen (secondary N) is 1. The van der Waals surface area contributed by atoms with E-state index in [-0.39, 0.29) is 17.0 Å². The molecule has 8 heteroatoms. The van der Waals surface area contributed by atoms with Gasteiger partial charge in [0.05, 0.1) is 11.5 Å². The number of carbonyl (C=O) groups is 1. The molecule has 0 saturated heterocycles. The average Bonchev–Trinajstić information content (AvgIpc) is 2.50. The lowest BCUT2D eigenvalue weighted by atomic mass is 10.1. The molecule has 0 fully saturated rings. The van der Waals surface area contributed by atoms with Gasteiger partial charge < -0.3 is 10.1 Å². The Labute approximate surface area is 134 Å². The molecule has 0 aliphatic heterocycles. The monoisotopic (exact) mass is 365 g/mol. The Kier molecular flexibility index (Phi) is 5.05. The summed E-state index contributed by atoms with van der Waals surface area (Å²) in [6.07, 6.45) is 1.54. The fraction of sp³-hybridized carbons (Fsp3) is 0.143. The van der Waals surface area contributed by atoms with E-state index in [9.17, 15) is 14.9 Å². The normalized spacial score (nSPS) is 10.1. The highest BCUT2D eigenvalue weighted by Gasteiger charge is 2.18. The second kappa shape index (κ2) is 6.99. The number of hydrogen-bond donors (Lipinski definition) is 1. The van der Waals surface area contributed by atoms with Gasteiger partial charge in [-0.25, -0.2) is 4.98 Å². The molecule has 2 rings (SSSR count). The molecule has 7 nitrogen and oxygen atoms in total. The van der Waals surface area contributed by atoms with Gasteiger partial charge in [-0.2, -0.15) is 0 Å². The molecule has 22 heavy (non-hydrogen) atoms. The van der Waals surface area contributed by atoms with Gasteiger partial charge in [0, 0.05) is 22.3 Å². The zero-order valence-electron chi connectivity index (χ0n) is 11.6. The predicted molar refractivity (Wildman–Crippen MR) is 84.2 cm³/mol. The van der Waals surface area contributed by atoms with Gasteiger partial charge in [0.25, 0.3) is 5.91 Å². The summed E-state index contributed by atoms with van der Waals surface area (Å²) in [4.78, 5) is 26.6. The van der Waals surface area contributed by atoms with Crippen molar-refractivity contribution in [1.29, 1.82) is 0 Å². The third kappa shape index (κ3) is 3.79. The molecular weight excluding hydrogens is 354 g/mol. The van der Waals surface area contributed by atoms with Crippen molar-refractivity contribution in [2.45, 2.75) is 6.92 Å². The fourth-order valence-electron chi connectivity index (χ4n) is 1.72. The van der Waals surface area contributed by atoms with Crippen LogP contribution in [0.25, 0.3) is 0 Å². The zero-order valence-corrected chi connectivity index (χ0v) is 13.2. The van der Waals surface area contributed by atoms with Crippen LogP contribution in [0.15, 0.2) is 41.0 Å². The maximum absolute atomic E-state index is 12.1. The molecule has 1 N–H and O–H groups in total. The number of nitro benzene ring substituents is 1. The summed E-state index contributed by atoms with van der Waals surface area (Å²) in [6.45, 7) is 2.03. The van der Waals surface area contributed by atoms with Gasteiger partial charge in [-0.05, 0) is 47.1 Å². The number of benzene rings is 1. The zero-order chi connectivity index (χ0) is 16.1. The Balaban J connectivity index is 2.24. The minimum absolute atomic E-state index is 0.130. The number of nitro groups is 1. The van der Waals surface area contributed by atoms with Crippen LogP contribution in [0, 0.1) is 10.1 Å². The second-order valence-electron chi connectivity index (χ2n) is 4.19. The van der Waals surface area contributed by atoms with Crippen molar-refractivity contribution in [3.05, 3.63) is 56.7 Å². The van der Waals surface area contributed by atoms with Crippen LogP contribution in [-0.4, -0.2) is 22.4 Å². The van der Waals surface area contributed by atoms with E-state index in [4.69, 9.17) is 4.74 Å². The minimum Gasteiger partial charge on any atom is -0.487 e. The first-order valence-corrected chi connectivity index (χ1v) is 7.14. The number of pyridine rings is 1. The van der Waals surface area contributed by atoms with Gasteiger partial charge in [0.15, 0.2) is 5.75 Å². The highest BCUT2D eigenvalue weighted by atomic mass is 79.9. The van der Waals surface area contributed by atoms with E-state index >= 15 is 0 Å². The molecule has 1 amide bonds. The summed E-state index contributed by atoms with van der Waals surface area (Å²) in [5.41, 5.74) is -0.0989. The van der Waals surface area contributed by atoms with Crippen molar-refractivity contribution >= 4 is 33.3 Å². The second-order valence-corrected chi connectivity index (χ2v) is 5.10. The summed E-state index contributed by atoms with van der Waals surface area (Å²) >= 11 is 3.24. The van der Waals surface area contributed by atoms with E-state index in [0.29, 0.717) is 12.4 Å². The smallest absolute Gasteiger partial charge is 0.311 e. The lowest BCUT2D eigenvalue weighted by Gasteiger charge is -2.07. The summed E-state index contributed by atoms with van der Waals surface area (Å²) < 4.78 is 5.95. The van der Waals surface area contributed by atoms with Gasteiger partial charge in [0.1, 0.15) is 5.82 Å². The average molecular weight is 366 g/mol. The van der Waals surface area contributed by atoms with Gasteiger partial charge in [0.2, 0.25) is 0 Å². The van der Waals surface area contributed by atoms with Crippen molar-refractivity contribution in [3.8, 4) is 5.75 Å². The number of hydrogen-bond acceptors (Lipinski definition) is 5. The van der Waals surface area contributed by atoms with Crippen molar-refractivity contribution < 1.29 is 14.5 Å². The van der Waals surface area contributed by atoms with E-state index in [1.807, 2.05) is 0 Å². The largest absolute Gasteiger partial charge is 0.487 e. The quantitative estimate of drug-likeness (QED) is 0.647. The molecule has 2 aromatic rings. The molecule has 0 bridgehead atoms. The summed E-state index contributed by atoms with van der Waals surface area (Å²) in [5, 5.41) is 13.6. The highest BCUT2D eigenvalue weighted by Crippen LogP contribution is 2.28. The highest BCUT2D eigenvalue weighted by molar-refractivity contribution is 9.10. The van der Waals surface area contributed by atoms with Gasteiger partial charge >= 0.3 is 5.69 Å². The van der Waals surface area contributed by atoms with Crippen LogP contribution in [0.2, 0.25) is 0 Å². The number of carbonyl (C=O) groups excluding carboxylic acids is 1. The maximum Gasteiger partial charge on any atom is 0.311 e. The molecule has 1 aromatic heterocycles. The lowest BCUT2D eigenvalue weighted by Crippen LogP contribution is -2.13. The third-order valence-electron chi connectivity index (χ3n) is 2.69. The molecule has 0 aliphatic rings. The Morgan fingerprint density at radius 1 is 1.41 bits per heavy atom. The molecule has 0 spiro atoms. The van der Waals surface area contributed by atoms with Gasteiger partial charge in [-0.3, -0.25) is 14.9 Å². The minimum atomic E-state index is -0.584. The summed E-state index contributed by atoms with van der Waals surface area (Å²) in [6, 6.07) is 7.39. The molecule has 1 heterocycles. The number of anilines is 1. The number of aromatic nitrogens is 1. The lowest BCUT2D eigenvalue weighted by molar-refractivity contribution is -0.385. The first-order chi connectivity index (χ1) is 10.5. The van der Waals surface area contributed by atoms with Crippen LogP contribution in [0.4, 0.5) is 11.5 Å². The van der Waals surface area contributed by atoms with Gasteiger partial charge in [-0.1, -0.05) is 0 Å². The number of halogens is 1. The van der Waals surface area contributed by atoms with E-state index in [1.54, 1.807) is 19.1 Å².